The van der Waals surface area contributed by atoms with Gasteiger partial charge in [0, 0.05) is 21.8 Å². The van der Waals surface area contributed by atoms with Crippen molar-refractivity contribution in [2.45, 2.75) is 13.0 Å². The van der Waals surface area contributed by atoms with Gasteiger partial charge in [-0.15, -0.1) is 0 Å². The topological polar surface area (TPSA) is 67.5 Å². The molecular weight excluding hydrogens is 333 g/mol. The Bertz CT molecular complexity index is 880. The summed E-state index contributed by atoms with van der Waals surface area (Å²) < 4.78 is 14.3. The molecule has 5 nitrogen and oxygen atoms in total. The van der Waals surface area contributed by atoms with E-state index in [1.165, 1.54) is 6.07 Å². The van der Waals surface area contributed by atoms with Crippen LogP contribution >= 0.6 is 11.6 Å². The quantitative estimate of drug-likeness (QED) is 0.653. The fraction of sp³-hybridized carbons (Fsp3) is 0.118. The molecular formula is C17H13ClFN3O2. The molecule has 1 atom stereocenters. The molecule has 24 heavy (non-hydrogen) atoms. The Morgan fingerprint density at radius 3 is 2.75 bits per heavy atom. The van der Waals surface area contributed by atoms with Crippen molar-refractivity contribution in [1.29, 1.82) is 0 Å². The van der Waals surface area contributed by atoms with Crippen molar-refractivity contribution in [3.05, 3.63) is 86.4 Å². The second-order valence-corrected chi connectivity index (χ2v) is 5.75. The second-order valence-electron chi connectivity index (χ2n) is 5.32. The average Bonchev–Trinajstić information content (AvgIpc) is 2.65. The monoisotopic (exact) mass is 345 g/mol. The molecule has 2 aromatic rings. The number of hydrogen-bond donors (Lipinski definition) is 1. The van der Waals surface area contributed by atoms with E-state index in [-0.39, 0.29) is 0 Å². The first-order valence-electron chi connectivity index (χ1n) is 7.20. The van der Waals surface area contributed by atoms with E-state index in [4.69, 9.17) is 11.6 Å². The second kappa shape index (κ2) is 6.41. The van der Waals surface area contributed by atoms with E-state index < -0.39 is 16.8 Å². The number of rotatable bonds is 2. The maximum absolute atomic E-state index is 14.3. The summed E-state index contributed by atoms with van der Waals surface area (Å²) in [5, 5.41) is 14.3. The van der Waals surface area contributed by atoms with Gasteiger partial charge in [-0.05, 0) is 37.3 Å². The normalized spacial score (nSPS) is 18.4. The molecule has 1 heterocycles. The lowest BCUT2D eigenvalue weighted by atomic mass is 10.00. The first-order valence-corrected chi connectivity index (χ1v) is 7.58. The summed E-state index contributed by atoms with van der Waals surface area (Å²) in [6.07, 6.45) is 0.872. The smallest absolute Gasteiger partial charge is 0.255 e. The third-order valence-electron chi connectivity index (χ3n) is 3.66. The van der Waals surface area contributed by atoms with Gasteiger partial charge < -0.3 is 5.32 Å². The van der Waals surface area contributed by atoms with E-state index in [0.717, 1.165) is 6.20 Å². The first-order chi connectivity index (χ1) is 11.5. The number of halogens is 2. The number of aliphatic imine (C=N–C) groups is 1. The number of nitro groups is 1. The molecule has 0 fully saturated rings. The van der Waals surface area contributed by atoms with Gasteiger partial charge >= 0.3 is 0 Å². The molecule has 1 N–H and O–H groups in total. The zero-order valence-electron chi connectivity index (χ0n) is 12.7. The van der Waals surface area contributed by atoms with E-state index in [2.05, 4.69) is 10.3 Å². The number of anilines is 1. The maximum Gasteiger partial charge on any atom is 0.255 e. The Kier molecular flexibility index (Phi) is 4.31. The number of benzene rings is 2. The van der Waals surface area contributed by atoms with E-state index in [1.807, 2.05) is 0 Å². The summed E-state index contributed by atoms with van der Waals surface area (Å²) in [7, 11) is 0. The highest BCUT2D eigenvalue weighted by atomic mass is 35.5. The Hall–Kier alpha value is -2.73. The van der Waals surface area contributed by atoms with Crippen LogP contribution in [0.3, 0.4) is 0 Å². The minimum Gasteiger partial charge on any atom is -0.352 e. The van der Waals surface area contributed by atoms with Crippen molar-refractivity contribution < 1.29 is 9.31 Å². The number of hydrogen-bond acceptors (Lipinski definition) is 4. The molecule has 0 saturated heterocycles. The van der Waals surface area contributed by atoms with Gasteiger partial charge in [0.2, 0.25) is 0 Å². The van der Waals surface area contributed by atoms with Gasteiger partial charge in [0.05, 0.1) is 16.7 Å². The van der Waals surface area contributed by atoms with Crippen LogP contribution in [0.2, 0.25) is 5.02 Å². The Morgan fingerprint density at radius 2 is 2.04 bits per heavy atom. The van der Waals surface area contributed by atoms with Crippen molar-refractivity contribution in [3.8, 4) is 0 Å². The third kappa shape index (κ3) is 3.14. The minimum absolute atomic E-state index is 0.315. The summed E-state index contributed by atoms with van der Waals surface area (Å²) in [5.41, 5.74) is 2.20. The largest absolute Gasteiger partial charge is 0.352 e. The maximum atomic E-state index is 14.3. The van der Waals surface area contributed by atoms with Crippen LogP contribution in [0.25, 0.3) is 0 Å². The van der Waals surface area contributed by atoms with E-state index in [1.54, 1.807) is 43.3 Å². The zero-order valence-corrected chi connectivity index (χ0v) is 13.4. The van der Waals surface area contributed by atoms with E-state index >= 15 is 0 Å². The molecule has 0 amide bonds. The molecule has 0 bridgehead atoms. The molecule has 1 unspecified atom stereocenters. The summed E-state index contributed by atoms with van der Waals surface area (Å²) in [4.78, 5) is 14.8. The van der Waals surface area contributed by atoms with Crippen molar-refractivity contribution in [2.24, 2.45) is 4.99 Å². The molecule has 1 aliphatic heterocycles. The van der Waals surface area contributed by atoms with Crippen LogP contribution in [0.1, 0.15) is 18.1 Å². The average molecular weight is 346 g/mol. The molecule has 0 radical (unpaired) electrons. The molecule has 0 saturated carbocycles. The van der Waals surface area contributed by atoms with Gasteiger partial charge in [0.15, 0.2) is 0 Å². The molecule has 0 spiro atoms. The number of nitrogens with one attached hydrogen (secondary N) is 1. The van der Waals surface area contributed by atoms with E-state index in [9.17, 15) is 14.5 Å². The van der Waals surface area contributed by atoms with Gasteiger partial charge in [-0.25, -0.2) is 4.39 Å². The predicted molar refractivity (Wildman–Crippen MR) is 91.7 cm³/mol. The van der Waals surface area contributed by atoms with Gasteiger partial charge in [0.1, 0.15) is 11.5 Å². The van der Waals surface area contributed by atoms with Crippen LogP contribution in [0, 0.1) is 15.9 Å². The van der Waals surface area contributed by atoms with Crippen LogP contribution in [0.15, 0.2) is 59.4 Å². The van der Waals surface area contributed by atoms with Crippen molar-refractivity contribution in [3.63, 3.8) is 0 Å². The fourth-order valence-corrected chi connectivity index (χ4v) is 2.71. The predicted octanol–water partition coefficient (Wildman–Crippen LogP) is 4.25. The summed E-state index contributed by atoms with van der Waals surface area (Å²) >= 11 is 6.08. The van der Waals surface area contributed by atoms with Gasteiger partial charge in [-0.2, -0.15) is 0 Å². The molecule has 1 aliphatic rings. The van der Waals surface area contributed by atoms with Crippen LogP contribution in [-0.4, -0.2) is 16.7 Å². The fourth-order valence-electron chi connectivity index (χ4n) is 2.54. The Morgan fingerprint density at radius 1 is 1.29 bits per heavy atom. The third-order valence-corrected chi connectivity index (χ3v) is 3.90. The summed E-state index contributed by atoms with van der Waals surface area (Å²) in [6, 6.07) is 10.7. The van der Waals surface area contributed by atoms with Crippen molar-refractivity contribution >= 4 is 23.0 Å². The van der Waals surface area contributed by atoms with Gasteiger partial charge in [-0.1, -0.05) is 23.7 Å². The Balaban J connectivity index is 2.25. The molecule has 122 valence electrons. The lowest BCUT2D eigenvalue weighted by Crippen LogP contribution is -2.13. The first kappa shape index (κ1) is 16.1. The van der Waals surface area contributed by atoms with Crippen LogP contribution in [0.4, 0.5) is 10.1 Å². The van der Waals surface area contributed by atoms with E-state index in [0.29, 0.717) is 33.2 Å². The standard InChI is InChI=1S/C17H13ClFN3O2/c1-10-16(9-22(23)24)21-15-7-6-11(18)8-13(15)17(20-10)12-4-2-3-5-14(12)19/h2-10,21H,1H3. The number of nitrogens with zero attached hydrogens (tertiary/aromatic N) is 2. The summed E-state index contributed by atoms with van der Waals surface area (Å²) in [6.45, 7) is 1.71. The van der Waals surface area contributed by atoms with Crippen LogP contribution < -0.4 is 5.32 Å². The van der Waals surface area contributed by atoms with Crippen molar-refractivity contribution in [2.75, 3.05) is 5.32 Å². The Labute approximate surface area is 142 Å². The minimum atomic E-state index is -0.545. The van der Waals surface area contributed by atoms with Gasteiger partial charge in [-0.3, -0.25) is 15.1 Å². The molecule has 0 aliphatic carbocycles. The SMILES string of the molecule is CC1N=C(c2ccccc2F)c2cc(Cl)ccc2NC1=C[N+](=O)[O-]. The van der Waals surface area contributed by atoms with Crippen LogP contribution in [-0.2, 0) is 0 Å². The highest BCUT2D eigenvalue weighted by Crippen LogP contribution is 2.30. The summed E-state index contributed by atoms with van der Waals surface area (Å²) in [5.74, 6) is -0.420. The van der Waals surface area contributed by atoms with Crippen molar-refractivity contribution in [1.82, 2.24) is 0 Å². The molecule has 3 rings (SSSR count). The molecule has 7 heteroatoms. The highest BCUT2D eigenvalue weighted by molar-refractivity contribution is 6.31. The highest BCUT2D eigenvalue weighted by Gasteiger charge is 2.24. The number of benzodiazepines with no additional fused rings is 1. The lowest BCUT2D eigenvalue weighted by Gasteiger charge is -2.11. The molecule has 2 aromatic carbocycles. The van der Waals surface area contributed by atoms with Gasteiger partial charge in [0.25, 0.3) is 6.20 Å². The zero-order chi connectivity index (χ0) is 17.3. The number of fused-ring (bicyclic) bond motifs is 1. The molecule has 0 aromatic heterocycles. The van der Waals surface area contributed by atoms with Crippen LogP contribution in [0.5, 0.6) is 0 Å². The lowest BCUT2D eigenvalue weighted by molar-refractivity contribution is -0.403.